The van der Waals surface area contributed by atoms with E-state index in [1.165, 1.54) is 10.2 Å². The lowest BCUT2D eigenvalue weighted by Gasteiger charge is -2.11. The molecule has 0 radical (unpaired) electrons. The van der Waals surface area contributed by atoms with Crippen LogP contribution in [0.15, 0.2) is 18.3 Å². The molecule has 0 atom stereocenters. The molecule has 0 aliphatic heterocycles. The molecule has 5 nitrogen and oxygen atoms in total. The minimum Gasteiger partial charge on any atom is -0.320 e. The van der Waals surface area contributed by atoms with Gasteiger partial charge in [0, 0.05) is 12.7 Å². The molecule has 2 rings (SSSR count). The molecule has 1 amide bonds. The zero-order valence-electron chi connectivity index (χ0n) is 11.0. The number of benzene rings is 1. The number of amides is 1. The molecule has 1 aromatic heterocycles. The first-order valence-electron chi connectivity index (χ1n) is 5.73. The van der Waals surface area contributed by atoms with Crippen LogP contribution in [0.1, 0.15) is 27.2 Å². The van der Waals surface area contributed by atoms with Crippen LogP contribution in [-0.2, 0) is 7.05 Å². The highest BCUT2D eigenvalue weighted by Gasteiger charge is 2.12. The molecule has 1 N–H and O–H groups in total. The summed E-state index contributed by atoms with van der Waals surface area (Å²) < 4.78 is 1.50. The number of aromatic nitrogens is 3. The first-order chi connectivity index (χ1) is 8.47. The number of hydrogen-bond donors (Lipinski definition) is 1. The average Bonchev–Trinajstić information content (AvgIpc) is 2.70. The van der Waals surface area contributed by atoms with Crippen LogP contribution in [-0.4, -0.2) is 20.9 Å². The fourth-order valence-corrected chi connectivity index (χ4v) is 2.01. The van der Waals surface area contributed by atoms with E-state index in [9.17, 15) is 4.79 Å². The van der Waals surface area contributed by atoms with E-state index in [0.717, 1.165) is 16.8 Å². The van der Waals surface area contributed by atoms with Crippen molar-refractivity contribution in [3.05, 3.63) is 40.7 Å². The zero-order valence-corrected chi connectivity index (χ0v) is 11.0. The van der Waals surface area contributed by atoms with E-state index in [-0.39, 0.29) is 5.91 Å². The topological polar surface area (TPSA) is 59.8 Å². The molecule has 0 bridgehead atoms. The normalized spacial score (nSPS) is 10.4. The van der Waals surface area contributed by atoms with Gasteiger partial charge in [0.25, 0.3) is 5.91 Å². The molecule has 0 saturated carbocycles. The summed E-state index contributed by atoms with van der Waals surface area (Å²) in [5.74, 6) is -0.238. The van der Waals surface area contributed by atoms with Crippen molar-refractivity contribution in [2.24, 2.45) is 7.05 Å². The van der Waals surface area contributed by atoms with E-state index in [1.54, 1.807) is 13.2 Å². The lowest BCUT2D eigenvalue weighted by Crippen LogP contribution is -2.14. The van der Waals surface area contributed by atoms with Gasteiger partial charge in [-0.25, -0.2) is 0 Å². The van der Waals surface area contributed by atoms with E-state index in [0.29, 0.717) is 5.69 Å². The third-order valence-corrected chi connectivity index (χ3v) is 2.75. The number of nitrogens with one attached hydrogen (secondary N) is 1. The Hall–Kier alpha value is -2.17. The number of carbonyl (C=O) groups excluding carboxylic acids is 1. The van der Waals surface area contributed by atoms with Gasteiger partial charge in [0.1, 0.15) is 0 Å². The van der Waals surface area contributed by atoms with E-state index in [1.807, 2.05) is 32.9 Å². The van der Waals surface area contributed by atoms with Crippen molar-refractivity contribution in [1.29, 1.82) is 0 Å². The van der Waals surface area contributed by atoms with Crippen LogP contribution in [0.5, 0.6) is 0 Å². The molecular weight excluding hydrogens is 228 g/mol. The van der Waals surface area contributed by atoms with Gasteiger partial charge in [-0.1, -0.05) is 22.9 Å². The van der Waals surface area contributed by atoms with Gasteiger partial charge in [-0.3, -0.25) is 9.48 Å². The first-order valence-corrected chi connectivity index (χ1v) is 5.73. The number of anilines is 1. The van der Waals surface area contributed by atoms with Crippen LogP contribution in [0.3, 0.4) is 0 Å². The molecular formula is C13H16N4O. The highest BCUT2D eigenvalue weighted by molar-refractivity contribution is 6.03. The van der Waals surface area contributed by atoms with Crippen LogP contribution in [0.2, 0.25) is 0 Å². The lowest BCUT2D eigenvalue weighted by atomic mass is 10.1. The molecule has 94 valence electrons. The van der Waals surface area contributed by atoms with Crippen LogP contribution < -0.4 is 5.32 Å². The summed E-state index contributed by atoms with van der Waals surface area (Å²) in [4.78, 5) is 12.0. The standard InChI is InChI=1S/C13H16N4O/c1-8-5-9(2)12(10(3)6-8)14-13(18)11-7-17(4)16-15-11/h5-7H,1-4H3,(H,14,18). The number of carbonyl (C=O) groups is 1. The van der Waals surface area contributed by atoms with Crippen molar-refractivity contribution < 1.29 is 4.79 Å². The number of rotatable bonds is 2. The summed E-state index contributed by atoms with van der Waals surface area (Å²) >= 11 is 0. The molecule has 0 fully saturated rings. The molecule has 5 heteroatoms. The quantitative estimate of drug-likeness (QED) is 0.878. The number of aryl methyl sites for hydroxylation is 4. The van der Waals surface area contributed by atoms with Crippen molar-refractivity contribution in [1.82, 2.24) is 15.0 Å². The van der Waals surface area contributed by atoms with Crippen LogP contribution in [0.25, 0.3) is 0 Å². The van der Waals surface area contributed by atoms with Crippen molar-refractivity contribution >= 4 is 11.6 Å². The van der Waals surface area contributed by atoms with Gasteiger partial charge in [0.05, 0.1) is 6.20 Å². The summed E-state index contributed by atoms with van der Waals surface area (Å²) in [5.41, 5.74) is 4.44. The van der Waals surface area contributed by atoms with E-state index < -0.39 is 0 Å². The summed E-state index contributed by atoms with van der Waals surface area (Å²) in [7, 11) is 1.73. The van der Waals surface area contributed by atoms with Gasteiger partial charge in [-0.15, -0.1) is 5.10 Å². The Kier molecular flexibility index (Phi) is 3.14. The highest BCUT2D eigenvalue weighted by atomic mass is 16.2. The van der Waals surface area contributed by atoms with Gasteiger partial charge < -0.3 is 5.32 Å². The Morgan fingerprint density at radius 3 is 2.33 bits per heavy atom. The first kappa shape index (κ1) is 12.3. The minimum absolute atomic E-state index is 0.238. The molecule has 18 heavy (non-hydrogen) atoms. The monoisotopic (exact) mass is 244 g/mol. The fourth-order valence-electron chi connectivity index (χ4n) is 2.01. The molecule has 1 heterocycles. The molecule has 2 aromatic rings. The molecule has 0 aliphatic rings. The van der Waals surface area contributed by atoms with Gasteiger partial charge in [0.15, 0.2) is 5.69 Å². The smallest absolute Gasteiger partial charge is 0.277 e. The predicted molar refractivity (Wildman–Crippen MR) is 69.6 cm³/mol. The van der Waals surface area contributed by atoms with E-state index >= 15 is 0 Å². The lowest BCUT2D eigenvalue weighted by molar-refractivity contribution is 0.102. The summed E-state index contributed by atoms with van der Waals surface area (Å²) in [6, 6.07) is 4.08. The number of nitrogens with zero attached hydrogens (tertiary/aromatic N) is 3. The second-order valence-corrected chi connectivity index (χ2v) is 4.51. The Morgan fingerprint density at radius 1 is 1.22 bits per heavy atom. The third kappa shape index (κ3) is 2.40. The maximum Gasteiger partial charge on any atom is 0.277 e. The molecule has 1 aromatic carbocycles. The van der Waals surface area contributed by atoms with Crippen LogP contribution >= 0.6 is 0 Å². The highest BCUT2D eigenvalue weighted by Crippen LogP contribution is 2.22. The second kappa shape index (κ2) is 4.60. The van der Waals surface area contributed by atoms with Gasteiger partial charge in [0.2, 0.25) is 0 Å². The third-order valence-electron chi connectivity index (χ3n) is 2.75. The molecule has 0 saturated heterocycles. The molecule has 0 unspecified atom stereocenters. The second-order valence-electron chi connectivity index (χ2n) is 4.51. The van der Waals surface area contributed by atoms with E-state index in [4.69, 9.17) is 0 Å². The maximum atomic E-state index is 12.0. The van der Waals surface area contributed by atoms with Gasteiger partial charge >= 0.3 is 0 Å². The van der Waals surface area contributed by atoms with Crippen molar-refractivity contribution in [3.63, 3.8) is 0 Å². The Labute approximate surface area is 106 Å². The summed E-state index contributed by atoms with van der Waals surface area (Å²) in [6.45, 7) is 5.99. The van der Waals surface area contributed by atoms with Crippen molar-refractivity contribution in [2.45, 2.75) is 20.8 Å². The maximum absolute atomic E-state index is 12.0. The molecule has 0 aliphatic carbocycles. The fraction of sp³-hybridized carbons (Fsp3) is 0.308. The SMILES string of the molecule is Cc1cc(C)c(NC(=O)c2cn(C)nn2)c(C)c1. The largest absolute Gasteiger partial charge is 0.320 e. The molecule has 0 spiro atoms. The Bertz CT molecular complexity index is 578. The Morgan fingerprint density at radius 2 is 1.83 bits per heavy atom. The van der Waals surface area contributed by atoms with E-state index in [2.05, 4.69) is 15.6 Å². The van der Waals surface area contributed by atoms with Gasteiger partial charge in [-0.05, 0) is 31.9 Å². The number of hydrogen-bond acceptors (Lipinski definition) is 3. The van der Waals surface area contributed by atoms with Gasteiger partial charge in [-0.2, -0.15) is 0 Å². The minimum atomic E-state index is -0.238. The summed E-state index contributed by atoms with van der Waals surface area (Å²) in [5, 5.41) is 10.4. The average molecular weight is 244 g/mol. The van der Waals surface area contributed by atoms with Crippen molar-refractivity contribution in [3.8, 4) is 0 Å². The van der Waals surface area contributed by atoms with Crippen molar-refractivity contribution in [2.75, 3.05) is 5.32 Å². The summed E-state index contributed by atoms with van der Waals surface area (Å²) in [6.07, 6.45) is 1.59. The van der Waals surface area contributed by atoms with Crippen LogP contribution in [0.4, 0.5) is 5.69 Å². The van der Waals surface area contributed by atoms with Crippen LogP contribution in [0, 0.1) is 20.8 Å². The predicted octanol–water partition coefficient (Wildman–Crippen LogP) is 1.99. The zero-order chi connectivity index (χ0) is 13.3. The Balaban J connectivity index is 2.27.